The summed E-state index contributed by atoms with van der Waals surface area (Å²) in [5, 5.41) is 12.0. The monoisotopic (exact) mass is 432 g/mol. The van der Waals surface area contributed by atoms with Crippen molar-refractivity contribution in [3.8, 4) is 5.75 Å². The highest BCUT2D eigenvalue weighted by Crippen LogP contribution is 2.48. The molecule has 0 bridgehead atoms. The number of ether oxygens (including phenoxy) is 1. The standard InChI is InChI=1S/C24H27F3N2O2/c1-16(14-30)28-10-17-2-4-18(5-3-17)11-29-12-19-6-7-21(8-22(19)23(25)13-29)31-15-20-9-24(20,26)27/h2-8,20,23,28,30H,1,9-15H2. The zero-order chi connectivity index (χ0) is 22.0. The van der Waals surface area contributed by atoms with E-state index in [0.29, 0.717) is 36.6 Å². The van der Waals surface area contributed by atoms with Crippen LogP contribution in [0.3, 0.4) is 0 Å². The number of aliphatic hydroxyl groups excluding tert-OH is 1. The summed E-state index contributed by atoms with van der Waals surface area (Å²) in [6.07, 6.45) is -1.28. The van der Waals surface area contributed by atoms with Crippen molar-refractivity contribution in [2.24, 2.45) is 5.92 Å². The van der Waals surface area contributed by atoms with E-state index in [4.69, 9.17) is 9.84 Å². The Labute approximate surface area is 180 Å². The van der Waals surface area contributed by atoms with E-state index in [9.17, 15) is 13.2 Å². The first-order valence-electron chi connectivity index (χ1n) is 10.4. The largest absolute Gasteiger partial charge is 0.493 e. The van der Waals surface area contributed by atoms with Gasteiger partial charge >= 0.3 is 0 Å². The molecule has 1 fully saturated rings. The molecule has 7 heteroatoms. The summed E-state index contributed by atoms with van der Waals surface area (Å²) in [5.41, 5.74) is 4.21. The number of benzene rings is 2. The van der Waals surface area contributed by atoms with Gasteiger partial charge < -0.3 is 15.2 Å². The maximum Gasteiger partial charge on any atom is 0.255 e. The minimum absolute atomic E-state index is 0.0332. The van der Waals surface area contributed by atoms with Crippen LogP contribution in [0.5, 0.6) is 5.75 Å². The molecule has 2 atom stereocenters. The number of nitrogens with one attached hydrogen (secondary N) is 1. The Bertz CT molecular complexity index is 933. The highest BCUT2D eigenvalue weighted by atomic mass is 19.3. The molecule has 0 aromatic heterocycles. The average molecular weight is 432 g/mol. The number of aliphatic hydroxyl groups is 1. The van der Waals surface area contributed by atoms with E-state index in [2.05, 4.69) is 16.8 Å². The summed E-state index contributed by atoms with van der Waals surface area (Å²) in [6.45, 7) is 5.69. The second-order valence-corrected chi connectivity index (χ2v) is 8.40. The number of hydrogen-bond donors (Lipinski definition) is 2. The summed E-state index contributed by atoms with van der Waals surface area (Å²) >= 11 is 0. The lowest BCUT2D eigenvalue weighted by Gasteiger charge is -2.31. The number of rotatable bonds is 9. The van der Waals surface area contributed by atoms with E-state index in [0.717, 1.165) is 16.7 Å². The molecule has 2 unspecified atom stereocenters. The molecule has 4 rings (SSSR count). The molecule has 1 aliphatic carbocycles. The fourth-order valence-electron chi connectivity index (χ4n) is 3.80. The van der Waals surface area contributed by atoms with Crippen LogP contribution in [0.25, 0.3) is 0 Å². The predicted octanol–water partition coefficient (Wildman–Crippen LogP) is 4.34. The van der Waals surface area contributed by atoms with Gasteiger partial charge in [-0.2, -0.15) is 0 Å². The Morgan fingerprint density at radius 2 is 1.90 bits per heavy atom. The average Bonchev–Trinajstić information content (AvgIpc) is 3.38. The van der Waals surface area contributed by atoms with Gasteiger partial charge in [-0.3, -0.25) is 4.90 Å². The quantitative estimate of drug-likeness (QED) is 0.619. The fourth-order valence-corrected chi connectivity index (χ4v) is 3.80. The van der Waals surface area contributed by atoms with E-state index in [1.165, 1.54) is 0 Å². The minimum atomic E-state index is -2.61. The third-order valence-corrected chi connectivity index (χ3v) is 5.84. The van der Waals surface area contributed by atoms with Gasteiger partial charge in [-0.15, -0.1) is 0 Å². The molecule has 2 N–H and O–H groups in total. The second-order valence-electron chi connectivity index (χ2n) is 8.40. The van der Waals surface area contributed by atoms with Gasteiger partial charge in [-0.25, -0.2) is 13.2 Å². The number of nitrogens with zero attached hydrogens (tertiary/aromatic N) is 1. The molecular formula is C24H27F3N2O2. The third kappa shape index (κ3) is 5.40. The van der Waals surface area contributed by atoms with Gasteiger partial charge in [-0.1, -0.05) is 36.9 Å². The summed E-state index contributed by atoms with van der Waals surface area (Å²) in [7, 11) is 0. The number of alkyl halides is 3. The molecule has 0 radical (unpaired) electrons. The zero-order valence-corrected chi connectivity index (χ0v) is 17.3. The van der Waals surface area contributed by atoms with Crippen molar-refractivity contribution in [2.75, 3.05) is 19.8 Å². The maximum absolute atomic E-state index is 14.9. The molecule has 31 heavy (non-hydrogen) atoms. The number of hydrogen-bond acceptors (Lipinski definition) is 4. The van der Waals surface area contributed by atoms with Crippen molar-refractivity contribution >= 4 is 0 Å². The lowest BCUT2D eigenvalue weighted by atomic mass is 9.97. The first-order chi connectivity index (χ1) is 14.8. The molecule has 2 aromatic rings. The summed E-state index contributed by atoms with van der Waals surface area (Å²) < 4.78 is 46.3. The van der Waals surface area contributed by atoms with Crippen molar-refractivity contribution in [1.29, 1.82) is 0 Å². The van der Waals surface area contributed by atoms with Gasteiger partial charge in [0.1, 0.15) is 11.9 Å². The van der Waals surface area contributed by atoms with Crippen LogP contribution in [0.1, 0.15) is 34.8 Å². The molecule has 2 aromatic carbocycles. The van der Waals surface area contributed by atoms with Crippen molar-refractivity contribution in [3.63, 3.8) is 0 Å². The van der Waals surface area contributed by atoms with Crippen molar-refractivity contribution < 1.29 is 23.0 Å². The lowest BCUT2D eigenvalue weighted by molar-refractivity contribution is 0.0855. The highest BCUT2D eigenvalue weighted by molar-refractivity contribution is 5.39. The lowest BCUT2D eigenvalue weighted by Crippen LogP contribution is -2.31. The molecule has 0 saturated heterocycles. The van der Waals surface area contributed by atoms with Crippen LogP contribution in [-0.4, -0.2) is 35.7 Å². The number of halogens is 3. The number of fused-ring (bicyclic) bond motifs is 1. The maximum atomic E-state index is 14.9. The Balaban J connectivity index is 1.33. The van der Waals surface area contributed by atoms with Gasteiger partial charge in [0.25, 0.3) is 5.92 Å². The van der Waals surface area contributed by atoms with Crippen molar-refractivity contribution in [1.82, 2.24) is 10.2 Å². The fraction of sp³-hybridized carbons (Fsp3) is 0.417. The molecule has 1 heterocycles. The topological polar surface area (TPSA) is 44.7 Å². The van der Waals surface area contributed by atoms with Crippen molar-refractivity contribution in [3.05, 3.63) is 77.0 Å². The van der Waals surface area contributed by atoms with Crippen LogP contribution >= 0.6 is 0 Å². The van der Waals surface area contributed by atoms with Gasteiger partial charge in [0.15, 0.2) is 0 Å². The van der Waals surface area contributed by atoms with Crippen molar-refractivity contribution in [2.45, 2.75) is 38.1 Å². The van der Waals surface area contributed by atoms with Crippen LogP contribution in [0.2, 0.25) is 0 Å². The minimum Gasteiger partial charge on any atom is -0.493 e. The second kappa shape index (κ2) is 8.93. The van der Waals surface area contributed by atoms with Gasteiger partial charge in [-0.05, 0) is 34.4 Å². The Hall–Kier alpha value is -2.51. The Morgan fingerprint density at radius 1 is 1.19 bits per heavy atom. The Kier molecular flexibility index (Phi) is 6.25. The first kappa shape index (κ1) is 21.7. The Morgan fingerprint density at radius 3 is 2.58 bits per heavy atom. The van der Waals surface area contributed by atoms with Crippen LogP contribution in [-0.2, 0) is 19.6 Å². The SMILES string of the molecule is C=C(CO)NCc1ccc(CN2Cc3ccc(OCC4CC4(F)F)cc3C(F)C2)cc1. The molecule has 4 nitrogen and oxygen atoms in total. The van der Waals surface area contributed by atoms with E-state index < -0.39 is 18.0 Å². The van der Waals surface area contributed by atoms with E-state index in [1.54, 1.807) is 12.1 Å². The van der Waals surface area contributed by atoms with E-state index >= 15 is 0 Å². The molecular weight excluding hydrogens is 405 g/mol. The predicted molar refractivity (Wildman–Crippen MR) is 112 cm³/mol. The third-order valence-electron chi connectivity index (χ3n) is 5.84. The first-order valence-corrected chi connectivity index (χ1v) is 10.4. The van der Waals surface area contributed by atoms with Crippen LogP contribution in [0, 0.1) is 5.92 Å². The van der Waals surface area contributed by atoms with Crippen LogP contribution in [0.15, 0.2) is 54.7 Å². The molecule has 2 aliphatic rings. The summed E-state index contributed by atoms with van der Waals surface area (Å²) in [4.78, 5) is 2.05. The van der Waals surface area contributed by atoms with E-state index in [1.807, 2.05) is 30.3 Å². The molecule has 0 amide bonds. The molecule has 1 aliphatic heterocycles. The van der Waals surface area contributed by atoms with Gasteiger partial charge in [0.05, 0.1) is 19.1 Å². The summed E-state index contributed by atoms with van der Waals surface area (Å²) in [5.74, 6) is -2.89. The molecule has 0 spiro atoms. The highest BCUT2D eigenvalue weighted by Gasteiger charge is 2.57. The van der Waals surface area contributed by atoms with Gasteiger partial charge in [0.2, 0.25) is 0 Å². The smallest absolute Gasteiger partial charge is 0.255 e. The normalized spacial score (nSPS) is 21.9. The van der Waals surface area contributed by atoms with Gasteiger partial charge in [0, 0.05) is 38.3 Å². The summed E-state index contributed by atoms with van der Waals surface area (Å²) in [6, 6.07) is 13.3. The molecule has 1 saturated carbocycles. The van der Waals surface area contributed by atoms with Crippen LogP contribution < -0.4 is 10.1 Å². The van der Waals surface area contributed by atoms with Crippen LogP contribution in [0.4, 0.5) is 13.2 Å². The van der Waals surface area contributed by atoms with E-state index in [-0.39, 0.29) is 26.2 Å². The zero-order valence-electron chi connectivity index (χ0n) is 17.3. The molecule has 166 valence electrons.